The van der Waals surface area contributed by atoms with Gasteiger partial charge in [-0.05, 0) is 29.7 Å². The van der Waals surface area contributed by atoms with Crippen molar-refractivity contribution in [3.05, 3.63) is 77.6 Å². The van der Waals surface area contributed by atoms with Gasteiger partial charge in [0.05, 0.1) is 13.1 Å². The van der Waals surface area contributed by atoms with Crippen molar-refractivity contribution < 1.29 is 33.4 Å². The summed E-state index contributed by atoms with van der Waals surface area (Å²) in [7, 11) is 0. The molecular weight excluding hydrogens is 519 g/mol. The summed E-state index contributed by atoms with van der Waals surface area (Å²) in [6.07, 6.45) is 0.664. The van der Waals surface area contributed by atoms with Gasteiger partial charge < -0.3 is 25.4 Å². The summed E-state index contributed by atoms with van der Waals surface area (Å²) in [4.78, 5) is 54.9. The van der Waals surface area contributed by atoms with Gasteiger partial charge in [-0.3, -0.25) is 14.5 Å². The molecule has 40 heavy (non-hydrogen) atoms. The number of carboxylic acid groups (broad SMARTS) is 1. The molecule has 4 aliphatic rings. The SMILES string of the molecule is C=C[C@@H]1C[C@]1(NC(=O)[C@@H]1C[C@@H](OC(=O)N2Cc3cccc(F)c3C2)CN1C(=O)[C@@H]1Cc2ccccc2N1)C(=O)O. The molecule has 3 amide bonds. The Bertz CT molecular complexity index is 1410. The number of nitrogens with zero attached hydrogens (tertiary/aromatic N) is 2. The molecular formula is C29H29FN4O6. The second-order valence-electron chi connectivity index (χ2n) is 10.9. The Morgan fingerprint density at radius 2 is 1.90 bits per heavy atom. The number of fused-ring (bicyclic) bond motifs is 2. The molecule has 3 heterocycles. The van der Waals surface area contributed by atoms with E-state index in [1.165, 1.54) is 21.9 Å². The number of carbonyl (C=O) groups is 4. The maximum absolute atomic E-state index is 14.2. The Kier molecular flexibility index (Phi) is 6.24. The third-order valence-corrected chi connectivity index (χ3v) is 8.40. The molecule has 2 fully saturated rings. The van der Waals surface area contributed by atoms with E-state index >= 15 is 0 Å². The number of carboxylic acids is 1. The van der Waals surface area contributed by atoms with Gasteiger partial charge in [-0.25, -0.2) is 14.0 Å². The number of amides is 3. The summed E-state index contributed by atoms with van der Waals surface area (Å²) in [5.74, 6) is -2.94. The third-order valence-electron chi connectivity index (χ3n) is 8.40. The topological polar surface area (TPSA) is 128 Å². The Morgan fingerprint density at radius 3 is 2.60 bits per heavy atom. The maximum Gasteiger partial charge on any atom is 0.410 e. The first-order chi connectivity index (χ1) is 19.2. The molecule has 208 valence electrons. The number of anilines is 1. The standard InChI is InChI=1S/C29H29FN4O6/c1-2-18-12-29(18,27(37)38)32-25(35)24-11-19(40-28(39)33-13-17-7-5-8-21(30)20(17)15-33)14-34(24)26(36)23-10-16-6-3-4-9-22(16)31-23/h2-9,18-19,23-24,31H,1,10-15H2,(H,32,35)(H,37,38)/t18-,19-,23+,24+,29-/m1/s1. The van der Waals surface area contributed by atoms with Gasteiger partial charge in [0.25, 0.3) is 0 Å². The molecule has 6 rings (SSSR count). The number of likely N-dealkylation sites (tertiary alicyclic amines) is 1. The Hall–Kier alpha value is -4.41. The van der Waals surface area contributed by atoms with Crippen LogP contribution in [-0.4, -0.2) is 69.1 Å². The van der Waals surface area contributed by atoms with Crippen LogP contribution in [-0.2, 0) is 38.6 Å². The predicted molar refractivity (Wildman–Crippen MR) is 140 cm³/mol. The molecule has 11 heteroatoms. The zero-order valence-electron chi connectivity index (χ0n) is 21.6. The van der Waals surface area contributed by atoms with Crippen LogP contribution in [0.1, 0.15) is 29.5 Å². The number of rotatable bonds is 6. The van der Waals surface area contributed by atoms with E-state index in [4.69, 9.17) is 4.74 Å². The molecule has 0 radical (unpaired) electrons. The molecule has 3 N–H and O–H groups in total. The molecule has 1 aliphatic carbocycles. The molecule has 1 saturated carbocycles. The minimum Gasteiger partial charge on any atom is -0.479 e. The van der Waals surface area contributed by atoms with Gasteiger partial charge in [-0.2, -0.15) is 0 Å². The summed E-state index contributed by atoms with van der Waals surface area (Å²) in [5, 5.41) is 15.6. The summed E-state index contributed by atoms with van der Waals surface area (Å²) < 4.78 is 19.9. The fraction of sp³-hybridized carbons (Fsp3) is 0.379. The summed E-state index contributed by atoms with van der Waals surface area (Å²) in [6.45, 7) is 3.88. The number of hydrogen-bond donors (Lipinski definition) is 3. The number of benzene rings is 2. The third kappa shape index (κ3) is 4.35. The number of carbonyl (C=O) groups excluding carboxylic acids is 3. The Balaban J connectivity index is 1.18. The van der Waals surface area contributed by atoms with Crippen molar-refractivity contribution in [3.63, 3.8) is 0 Å². The number of aliphatic carboxylic acids is 1. The minimum atomic E-state index is -1.46. The van der Waals surface area contributed by atoms with Crippen molar-refractivity contribution in [1.82, 2.24) is 15.1 Å². The average molecular weight is 549 g/mol. The Morgan fingerprint density at radius 1 is 1.12 bits per heavy atom. The fourth-order valence-electron chi connectivity index (χ4n) is 6.07. The van der Waals surface area contributed by atoms with Crippen molar-refractivity contribution in [2.75, 3.05) is 11.9 Å². The Labute approximate surface area is 229 Å². The second-order valence-corrected chi connectivity index (χ2v) is 10.9. The van der Waals surface area contributed by atoms with E-state index in [-0.39, 0.29) is 38.4 Å². The lowest BCUT2D eigenvalue weighted by Crippen LogP contribution is -2.54. The zero-order valence-corrected chi connectivity index (χ0v) is 21.6. The maximum atomic E-state index is 14.2. The van der Waals surface area contributed by atoms with Crippen molar-refractivity contribution in [3.8, 4) is 0 Å². The minimum absolute atomic E-state index is 0.00653. The summed E-state index contributed by atoms with van der Waals surface area (Å²) in [6, 6.07) is 10.6. The van der Waals surface area contributed by atoms with Gasteiger partial charge in [0.2, 0.25) is 11.8 Å². The molecule has 1 saturated heterocycles. The van der Waals surface area contributed by atoms with E-state index in [9.17, 15) is 28.7 Å². The van der Waals surface area contributed by atoms with E-state index in [1.807, 2.05) is 24.3 Å². The van der Waals surface area contributed by atoms with Crippen LogP contribution in [0, 0.1) is 11.7 Å². The number of hydrogen-bond acceptors (Lipinski definition) is 6. The number of nitrogens with one attached hydrogen (secondary N) is 2. The first-order valence-corrected chi connectivity index (χ1v) is 13.2. The van der Waals surface area contributed by atoms with Crippen LogP contribution >= 0.6 is 0 Å². The highest BCUT2D eigenvalue weighted by atomic mass is 19.1. The van der Waals surface area contributed by atoms with E-state index < -0.39 is 53.4 Å². The normalized spacial score (nSPS) is 27.8. The van der Waals surface area contributed by atoms with Crippen molar-refractivity contribution in [1.29, 1.82) is 0 Å². The van der Waals surface area contributed by atoms with Crippen molar-refractivity contribution in [2.45, 2.75) is 56.1 Å². The highest BCUT2D eigenvalue weighted by Gasteiger charge is 2.61. The smallest absolute Gasteiger partial charge is 0.410 e. The van der Waals surface area contributed by atoms with Crippen LogP contribution in [0.5, 0.6) is 0 Å². The van der Waals surface area contributed by atoms with E-state index in [1.54, 1.807) is 12.1 Å². The summed E-state index contributed by atoms with van der Waals surface area (Å²) >= 11 is 0. The molecule has 0 spiro atoms. The fourth-order valence-corrected chi connectivity index (χ4v) is 6.07. The predicted octanol–water partition coefficient (Wildman–Crippen LogP) is 2.43. The largest absolute Gasteiger partial charge is 0.479 e. The highest BCUT2D eigenvalue weighted by molar-refractivity contribution is 5.96. The van der Waals surface area contributed by atoms with Crippen LogP contribution < -0.4 is 10.6 Å². The number of ether oxygens (including phenoxy) is 1. The average Bonchev–Trinajstić information content (AvgIpc) is 3.30. The monoisotopic (exact) mass is 548 g/mol. The van der Waals surface area contributed by atoms with Crippen LogP contribution in [0.2, 0.25) is 0 Å². The molecule has 5 atom stereocenters. The highest BCUT2D eigenvalue weighted by Crippen LogP contribution is 2.45. The molecule has 2 aromatic carbocycles. The first kappa shape index (κ1) is 25.8. The van der Waals surface area contributed by atoms with Crippen molar-refractivity contribution >= 4 is 29.6 Å². The number of para-hydroxylation sites is 1. The molecule has 0 bridgehead atoms. The quantitative estimate of drug-likeness (QED) is 0.473. The van der Waals surface area contributed by atoms with Crippen LogP contribution in [0.15, 0.2) is 55.1 Å². The van der Waals surface area contributed by atoms with Gasteiger partial charge in [-0.15, -0.1) is 6.58 Å². The molecule has 10 nitrogen and oxygen atoms in total. The van der Waals surface area contributed by atoms with E-state index in [2.05, 4.69) is 17.2 Å². The second kappa shape index (κ2) is 9.65. The van der Waals surface area contributed by atoms with Gasteiger partial charge in [0.15, 0.2) is 0 Å². The number of halogens is 1. The zero-order chi connectivity index (χ0) is 28.2. The first-order valence-electron chi connectivity index (χ1n) is 13.2. The van der Waals surface area contributed by atoms with Gasteiger partial charge in [-0.1, -0.05) is 36.4 Å². The van der Waals surface area contributed by atoms with E-state index in [0.29, 0.717) is 17.5 Å². The van der Waals surface area contributed by atoms with Gasteiger partial charge >= 0.3 is 12.1 Å². The van der Waals surface area contributed by atoms with Crippen LogP contribution in [0.4, 0.5) is 14.9 Å². The van der Waals surface area contributed by atoms with Crippen molar-refractivity contribution in [2.24, 2.45) is 5.92 Å². The lowest BCUT2D eigenvalue weighted by molar-refractivity contribution is -0.145. The van der Waals surface area contributed by atoms with E-state index in [0.717, 1.165) is 11.3 Å². The van der Waals surface area contributed by atoms with Crippen LogP contribution in [0.25, 0.3) is 0 Å². The molecule has 0 unspecified atom stereocenters. The lowest BCUT2D eigenvalue weighted by Gasteiger charge is -2.27. The lowest BCUT2D eigenvalue weighted by atomic mass is 10.1. The van der Waals surface area contributed by atoms with Gasteiger partial charge in [0, 0.05) is 36.6 Å². The molecule has 0 aromatic heterocycles. The van der Waals surface area contributed by atoms with Gasteiger partial charge in [0.1, 0.15) is 29.5 Å². The summed E-state index contributed by atoms with van der Waals surface area (Å²) in [5.41, 5.74) is 1.48. The molecule has 2 aromatic rings. The molecule has 3 aliphatic heterocycles. The van der Waals surface area contributed by atoms with Crippen LogP contribution in [0.3, 0.4) is 0 Å².